The van der Waals surface area contributed by atoms with E-state index in [-0.39, 0.29) is 0 Å². The molecule has 0 fully saturated rings. The van der Waals surface area contributed by atoms with Crippen LogP contribution >= 0.6 is 0 Å². The molecule has 0 saturated carbocycles. The van der Waals surface area contributed by atoms with Gasteiger partial charge in [-0.1, -0.05) is 74.7 Å². The molecule has 0 aromatic carbocycles. The SMILES string of the molecule is CCC.CCC(CC)C(C)C(C)C(C)C. The molecule has 94 valence electrons. The Labute approximate surface area is 98.9 Å². The third-order valence-corrected chi connectivity index (χ3v) is 3.67. The highest BCUT2D eigenvalue weighted by atomic mass is 14.3. The van der Waals surface area contributed by atoms with Gasteiger partial charge in [0, 0.05) is 0 Å². The Morgan fingerprint density at radius 1 is 0.667 bits per heavy atom. The summed E-state index contributed by atoms with van der Waals surface area (Å²) >= 11 is 0. The smallest absolute Gasteiger partial charge is 0.0386 e. The highest BCUT2D eigenvalue weighted by Crippen LogP contribution is 2.30. The summed E-state index contributed by atoms with van der Waals surface area (Å²) in [6.45, 7) is 18.4. The zero-order valence-corrected chi connectivity index (χ0v) is 12.4. The molecule has 2 unspecified atom stereocenters. The van der Waals surface area contributed by atoms with Crippen LogP contribution in [0.5, 0.6) is 0 Å². The van der Waals surface area contributed by atoms with Crippen LogP contribution in [0.15, 0.2) is 0 Å². The Hall–Kier alpha value is 0. The summed E-state index contributed by atoms with van der Waals surface area (Å²) in [5.41, 5.74) is 0. The molecule has 2 atom stereocenters. The van der Waals surface area contributed by atoms with Gasteiger partial charge in [-0.3, -0.25) is 0 Å². The maximum absolute atomic E-state index is 2.42. The molecule has 0 rings (SSSR count). The predicted octanol–water partition coefficient (Wildman–Crippen LogP) is 5.77. The summed E-state index contributed by atoms with van der Waals surface area (Å²) < 4.78 is 0. The Morgan fingerprint density at radius 2 is 1.00 bits per heavy atom. The van der Waals surface area contributed by atoms with E-state index in [1.807, 2.05) is 0 Å². The first-order valence-electron chi connectivity index (χ1n) is 6.95. The molecule has 0 aromatic heterocycles. The van der Waals surface area contributed by atoms with Gasteiger partial charge in [0.2, 0.25) is 0 Å². The van der Waals surface area contributed by atoms with E-state index < -0.39 is 0 Å². The van der Waals surface area contributed by atoms with Crippen molar-refractivity contribution in [1.82, 2.24) is 0 Å². The van der Waals surface area contributed by atoms with E-state index in [1.54, 1.807) is 0 Å². The van der Waals surface area contributed by atoms with Gasteiger partial charge < -0.3 is 0 Å². The van der Waals surface area contributed by atoms with Gasteiger partial charge in [0.05, 0.1) is 0 Å². The van der Waals surface area contributed by atoms with Gasteiger partial charge in [0.1, 0.15) is 0 Å². The number of hydrogen-bond acceptors (Lipinski definition) is 0. The van der Waals surface area contributed by atoms with Crippen molar-refractivity contribution in [1.29, 1.82) is 0 Å². The van der Waals surface area contributed by atoms with Crippen molar-refractivity contribution in [3.8, 4) is 0 Å². The van der Waals surface area contributed by atoms with E-state index >= 15 is 0 Å². The van der Waals surface area contributed by atoms with Gasteiger partial charge >= 0.3 is 0 Å². The molecule has 0 radical (unpaired) electrons. The molecule has 0 saturated heterocycles. The normalized spacial score (nSPS) is 14.8. The van der Waals surface area contributed by atoms with Gasteiger partial charge in [-0.15, -0.1) is 0 Å². The van der Waals surface area contributed by atoms with Gasteiger partial charge in [-0.05, 0) is 23.7 Å². The molecule has 0 heterocycles. The molecule has 0 amide bonds. The van der Waals surface area contributed by atoms with Gasteiger partial charge in [-0.25, -0.2) is 0 Å². The second kappa shape index (κ2) is 10.5. The van der Waals surface area contributed by atoms with Crippen LogP contribution in [0.25, 0.3) is 0 Å². The van der Waals surface area contributed by atoms with Crippen molar-refractivity contribution in [3.05, 3.63) is 0 Å². The van der Waals surface area contributed by atoms with Gasteiger partial charge in [0.25, 0.3) is 0 Å². The first kappa shape index (κ1) is 17.4. The lowest BCUT2D eigenvalue weighted by atomic mass is 9.76. The minimum Gasteiger partial charge on any atom is -0.0656 e. The fourth-order valence-corrected chi connectivity index (χ4v) is 2.07. The Morgan fingerprint density at radius 3 is 1.20 bits per heavy atom. The largest absolute Gasteiger partial charge is 0.0656 e. The summed E-state index contributed by atoms with van der Waals surface area (Å²) in [5, 5.41) is 0. The standard InChI is InChI=1S/C12H26.C3H8/c1-7-12(8-2)11(6)10(5)9(3)4;1-3-2/h9-12H,7-8H2,1-6H3;3H2,1-2H3. The fourth-order valence-electron chi connectivity index (χ4n) is 2.07. The van der Waals surface area contributed by atoms with Crippen molar-refractivity contribution in [2.24, 2.45) is 23.7 Å². The molecular weight excluding hydrogens is 180 g/mol. The fraction of sp³-hybridized carbons (Fsp3) is 1.00. The van der Waals surface area contributed by atoms with Crippen LogP contribution in [-0.4, -0.2) is 0 Å². The lowest BCUT2D eigenvalue weighted by molar-refractivity contribution is 0.201. The Balaban J connectivity index is 0. The molecule has 0 aliphatic rings. The summed E-state index contributed by atoms with van der Waals surface area (Å²) in [7, 11) is 0. The maximum Gasteiger partial charge on any atom is -0.0386 e. The van der Waals surface area contributed by atoms with E-state index in [4.69, 9.17) is 0 Å². The third-order valence-electron chi connectivity index (χ3n) is 3.67. The second-order valence-electron chi connectivity index (χ2n) is 5.25. The van der Waals surface area contributed by atoms with E-state index in [0.29, 0.717) is 0 Å². The molecule has 0 aromatic rings. The minimum absolute atomic E-state index is 0.834. The summed E-state index contributed by atoms with van der Waals surface area (Å²) in [6, 6.07) is 0. The van der Waals surface area contributed by atoms with Crippen LogP contribution < -0.4 is 0 Å². The average molecular weight is 214 g/mol. The molecular formula is C15H34. The van der Waals surface area contributed by atoms with Crippen LogP contribution in [0, 0.1) is 23.7 Å². The van der Waals surface area contributed by atoms with Crippen molar-refractivity contribution in [2.75, 3.05) is 0 Å². The summed E-state index contributed by atoms with van der Waals surface area (Å²) in [5.74, 6) is 3.53. The molecule has 0 nitrogen and oxygen atoms in total. The van der Waals surface area contributed by atoms with Gasteiger partial charge in [0.15, 0.2) is 0 Å². The Kier molecular flexibility index (Phi) is 12.2. The molecule has 0 aliphatic heterocycles. The first-order chi connectivity index (χ1) is 6.95. The van der Waals surface area contributed by atoms with Crippen LogP contribution in [0.2, 0.25) is 0 Å². The Bertz CT molecular complexity index is 109. The number of rotatable bonds is 5. The lowest BCUT2D eigenvalue weighted by Crippen LogP contribution is -2.21. The van der Waals surface area contributed by atoms with E-state index in [0.717, 1.165) is 23.7 Å². The predicted molar refractivity (Wildman–Crippen MR) is 73.2 cm³/mol. The minimum atomic E-state index is 0.834. The van der Waals surface area contributed by atoms with Crippen LogP contribution in [-0.2, 0) is 0 Å². The van der Waals surface area contributed by atoms with Crippen molar-refractivity contribution < 1.29 is 0 Å². The number of hydrogen-bond donors (Lipinski definition) is 0. The van der Waals surface area contributed by atoms with Crippen molar-refractivity contribution in [2.45, 2.75) is 74.7 Å². The molecule has 0 heteroatoms. The molecule has 15 heavy (non-hydrogen) atoms. The quantitative estimate of drug-likeness (QED) is 0.545. The van der Waals surface area contributed by atoms with Crippen molar-refractivity contribution in [3.63, 3.8) is 0 Å². The molecule has 0 spiro atoms. The van der Waals surface area contributed by atoms with Crippen LogP contribution in [0.4, 0.5) is 0 Å². The molecule has 0 bridgehead atoms. The topological polar surface area (TPSA) is 0 Å². The molecule has 0 N–H and O–H groups in total. The summed E-state index contributed by atoms with van der Waals surface area (Å²) in [6.07, 6.45) is 3.93. The first-order valence-corrected chi connectivity index (χ1v) is 6.95. The molecule has 0 aliphatic carbocycles. The second-order valence-corrected chi connectivity index (χ2v) is 5.25. The highest BCUT2D eigenvalue weighted by molar-refractivity contribution is 4.71. The van der Waals surface area contributed by atoms with Crippen LogP contribution in [0.3, 0.4) is 0 Å². The third kappa shape index (κ3) is 7.88. The van der Waals surface area contributed by atoms with Gasteiger partial charge in [-0.2, -0.15) is 0 Å². The van der Waals surface area contributed by atoms with E-state index in [1.165, 1.54) is 19.3 Å². The van der Waals surface area contributed by atoms with E-state index in [9.17, 15) is 0 Å². The highest BCUT2D eigenvalue weighted by Gasteiger charge is 2.21. The zero-order valence-electron chi connectivity index (χ0n) is 12.4. The van der Waals surface area contributed by atoms with Crippen LogP contribution in [0.1, 0.15) is 74.7 Å². The zero-order chi connectivity index (χ0) is 12.4. The van der Waals surface area contributed by atoms with Crippen molar-refractivity contribution >= 4 is 0 Å². The van der Waals surface area contributed by atoms with E-state index in [2.05, 4.69) is 55.4 Å². The average Bonchev–Trinajstić information content (AvgIpc) is 2.19. The summed E-state index contributed by atoms with van der Waals surface area (Å²) in [4.78, 5) is 0. The lowest BCUT2D eigenvalue weighted by Gasteiger charge is -2.29. The monoisotopic (exact) mass is 214 g/mol. The maximum atomic E-state index is 2.42.